The lowest BCUT2D eigenvalue weighted by Crippen LogP contribution is -2.35. The number of pyridine rings is 1. The van der Waals surface area contributed by atoms with Crippen molar-refractivity contribution in [1.29, 1.82) is 0 Å². The Morgan fingerprint density at radius 1 is 1.30 bits per heavy atom. The number of ether oxygens (including phenoxy) is 2. The molecule has 2 aromatic rings. The van der Waals surface area contributed by atoms with Gasteiger partial charge in [-0.2, -0.15) is 0 Å². The fourth-order valence-corrected chi connectivity index (χ4v) is 4.29. The van der Waals surface area contributed by atoms with Gasteiger partial charge in [0.1, 0.15) is 11.2 Å². The highest BCUT2D eigenvalue weighted by atomic mass is 127. The average Bonchev–Trinajstić information content (AvgIpc) is 3.11. The number of likely N-dealkylation sites (tertiary alicyclic amines) is 1. The number of nitrogens with zero attached hydrogens (tertiary/aromatic N) is 1. The number of esters is 1. The Morgan fingerprint density at radius 3 is 2.70 bits per heavy atom. The molecule has 1 atom stereocenters. The SMILES string of the molecule is CCOC(=O)c1c[nH]c2cc(CC3CCN(C(=O)OC(C)(C)C)C3)c(I)cc2c1=O. The van der Waals surface area contributed by atoms with Gasteiger partial charge in [-0.3, -0.25) is 4.79 Å². The van der Waals surface area contributed by atoms with E-state index in [1.807, 2.05) is 32.9 Å². The zero-order valence-electron chi connectivity index (χ0n) is 17.7. The first-order valence-electron chi connectivity index (χ1n) is 10.1. The van der Waals surface area contributed by atoms with E-state index < -0.39 is 11.6 Å². The highest BCUT2D eigenvalue weighted by molar-refractivity contribution is 14.1. The summed E-state index contributed by atoms with van der Waals surface area (Å²) >= 11 is 2.22. The molecule has 3 rings (SSSR count). The Bertz CT molecular complexity index is 1020. The van der Waals surface area contributed by atoms with E-state index in [1.165, 1.54) is 6.20 Å². The van der Waals surface area contributed by atoms with Crippen molar-refractivity contribution in [1.82, 2.24) is 9.88 Å². The largest absolute Gasteiger partial charge is 0.462 e. The van der Waals surface area contributed by atoms with E-state index in [2.05, 4.69) is 27.6 Å². The molecule has 1 N–H and O–H groups in total. The second-order valence-corrected chi connectivity index (χ2v) is 9.69. The van der Waals surface area contributed by atoms with E-state index in [4.69, 9.17) is 9.47 Å². The predicted octanol–water partition coefficient (Wildman–Crippen LogP) is 4.11. The number of fused-ring (bicyclic) bond motifs is 1. The summed E-state index contributed by atoms with van der Waals surface area (Å²) < 4.78 is 11.4. The Morgan fingerprint density at radius 2 is 2.03 bits per heavy atom. The topological polar surface area (TPSA) is 88.7 Å². The van der Waals surface area contributed by atoms with Gasteiger partial charge in [-0.05, 0) is 86.7 Å². The predicted molar refractivity (Wildman–Crippen MR) is 123 cm³/mol. The van der Waals surface area contributed by atoms with Crippen LogP contribution in [0.4, 0.5) is 4.79 Å². The number of carbonyl (C=O) groups is 2. The zero-order chi connectivity index (χ0) is 22.1. The number of nitrogens with one attached hydrogen (secondary N) is 1. The summed E-state index contributed by atoms with van der Waals surface area (Å²) in [7, 11) is 0. The number of aromatic amines is 1. The van der Waals surface area contributed by atoms with Gasteiger partial charge in [-0.1, -0.05) is 0 Å². The van der Waals surface area contributed by atoms with E-state index in [9.17, 15) is 14.4 Å². The normalized spacial score (nSPS) is 16.7. The van der Waals surface area contributed by atoms with Gasteiger partial charge in [-0.15, -0.1) is 0 Å². The lowest BCUT2D eigenvalue weighted by molar-refractivity contribution is 0.0288. The maximum Gasteiger partial charge on any atom is 0.410 e. The Kier molecular flexibility index (Phi) is 6.74. The van der Waals surface area contributed by atoms with Crippen LogP contribution in [-0.4, -0.2) is 47.2 Å². The fraction of sp³-hybridized carbons (Fsp3) is 0.500. The van der Waals surface area contributed by atoms with E-state index in [0.29, 0.717) is 29.9 Å². The molecule has 0 radical (unpaired) electrons. The van der Waals surface area contributed by atoms with Crippen LogP contribution >= 0.6 is 22.6 Å². The number of halogens is 1. The van der Waals surface area contributed by atoms with E-state index in [0.717, 1.165) is 22.0 Å². The molecule has 8 heteroatoms. The van der Waals surface area contributed by atoms with E-state index in [-0.39, 0.29) is 23.7 Å². The summed E-state index contributed by atoms with van der Waals surface area (Å²) in [5.74, 6) is -0.290. The monoisotopic (exact) mass is 526 g/mol. The van der Waals surface area contributed by atoms with Crippen LogP contribution in [0.3, 0.4) is 0 Å². The zero-order valence-corrected chi connectivity index (χ0v) is 19.9. The molecular weight excluding hydrogens is 499 g/mol. The highest BCUT2D eigenvalue weighted by Crippen LogP contribution is 2.27. The lowest BCUT2D eigenvalue weighted by Gasteiger charge is -2.24. The van der Waals surface area contributed by atoms with Crippen LogP contribution < -0.4 is 5.43 Å². The molecule has 0 aliphatic carbocycles. The quantitative estimate of drug-likeness (QED) is 0.479. The van der Waals surface area contributed by atoms with Crippen LogP contribution in [0.5, 0.6) is 0 Å². The summed E-state index contributed by atoms with van der Waals surface area (Å²) in [5, 5.41) is 0.468. The van der Waals surface area contributed by atoms with Gasteiger partial charge in [0.15, 0.2) is 0 Å². The number of H-pyrrole nitrogens is 1. The molecule has 7 nitrogen and oxygen atoms in total. The number of hydrogen-bond donors (Lipinski definition) is 1. The molecule has 1 amide bonds. The lowest BCUT2D eigenvalue weighted by atomic mass is 9.97. The van der Waals surface area contributed by atoms with Crippen molar-refractivity contribution in [3.8, 4) is 0 Å². The summed E-state index contributed by atoms with van der Waals surface area (Å²) in [6.07, 6.45) is 2.86. The van der Waals surface area contributed by atoms with Crippen molar-refractivity contribution in [2.75, 3.05) is 19.7 Å². The molecule has 1 aromatic heterocycles. The number of aromatic nitrogens is 1. The Labute approximate surface area is 189 Å². The molecule has 2 heterocycles. The Hall–Kier alpha value is -2.10. The number of amides is 1. The first-order chi connectivity index (χ1) is 14.1. The minimum Gasteiger partial charge on any atom is -0.462 e. The maximum atomic E-state index is 12.7. The first-order valence-corrected chi connectivity index (χ1v) is 11.2. The molecule has 0 bridgehead atoms. The molecule has 30 heavy (non-hydrogen) atoms. The summed E-state index contributed by atoms with van der Waals surface area (Å²) in [6, 6.07) is 3.77. The minimum absolute atomic E-state index is 0.0108. The molecule has 162 valence electrons. The molecule has 1 fully saturated rings. The second-order valence-electron chi connectivity index (χ2n) is 8.53. The van der Waals surface area contributed by atoms with Crippen molar-refractivity contribution in [3.63, 3.8) is 0 Å². The van der Waals surface area contributed by atoms with Gasteiger partial charge in [-0.25, -0.2) is 9.59 Å². The van der Waals surface area contributed by atoms with Crippen LogP contribution in [0, 0.1) is 9.49 Å². The summed E-state index contributed by atoms with van der Waals surface area (Å²) in [4.78, 5) is 41.8. The number of benzene rings is 1. The molecule has 1 saturated heterocycles. The Balaban J connectivity index is 1.77. The third kappa shape index (κ3) is 5.14. The summed E-state index contributed by atoms with van der Waals surface area (Å²) in [6.45, 7) is 8.85. The molecular formula is C22H27IN2O5. The molecule has 1 aliphatic heterocycles. The fourth-order valence-electron chi connectivity index (χ4n) is 3.61. The van der Waals surface area contributed by atoms with Gasteiger partial charge in [0.25, 0.3) is 0 Å². The van der Waals surface area contributed by atoms with Gasteiger partial charge >= 0.3 is 12.1 Å². The van der Waals surface area contributed by atoms with E-state index in [1.54, 1.807) is 11.8 Å². The molecule has 1 aliphatic rings. The van der Waals surface area contributed by atoms with Crippen molar-refractivity contribution in [3.05, 3.63) is 43.2 Å². The molecule has 1 aromatic carbocycles. The van der Waals surface area contributed by atoms with Crippen molar-refractivity contribution in [2.24, 2.45) is 5.92 Å². The molecule has 1 unspecified atom stereocenters. The van der Waals surface area contributed by atoms with Crippen molar-refractivity contribution < 1.29 is 19.1 Å². The average molecular weight is 526 g/mol. The third-order valence-corrected chi connectivity index (χ3v) is 5.99. The van der Waals surface area contributed by atoms with Crippen LogP contribution in [0.2, 0.25) is 0 Å². The summed E-state index contributed by atoms with van der Waals surface area (Å²) in [5.41, 5.74) is 0.974. The van der Waals surface area contributed by atoms with Crippen LogP contribution in [0.25, 0.3) is 10.9 Å². The standard InChI is InChI=1S/C22H27IN2O5/c1-5-29-20(27)16-11-24-18-9-14(17(23)10-15(18)19(16)26)8-13-6-7-25(12-13)21(28)30-22(2,3)4/h9-11,13H,5-8,12H2,1-4H3,(H,24,26). The number of rotatable bonds is 4. The van der Waals surface area contributed by atoms with Crippen LogP contribution in [0.15, 0.2) is 23.1 Å². The van der Waals surface area contributed by atoms with Gasteiger partial charge in [0.05, 0.1) is 6.61 Å². The van der Waals surface area contributed by atoms with Gasteiger partial charge in [0.2, 0.25) is 5.43 Å². The van der Waals surface area contributed by atoms with Gasteiger partial charge < -0.3 is 19.4 Å². The van der Waals surface area contributed by atoms with E-state index >= 15 is 0 Å². The van der Waals surface area contributed by atoms with Crippen LogP contribution in [-0.2, 0) is 15.9 Å². The molecule has 0 saturated carbocycles. The number of hydrogen-bond acceptors (Lipinski definition) is 5. The van der Waals surface area contributed by atoms with Gasteiger partial charge in [0, 0.05) is 33.8 Å². The highest BCUT2D eigenvalue weighted by Gasteiger charge is 2.30. The minimum atomic E-state index is -0.618. The number of carbonyl (C=O) groups excluding carboxylic acids is 2. The first kappa shape index (κ1) is 22.6. The smallest absolute Gasteiger partial charge is 0.410 e. The van der Waals surface area contributed by atoms with Crippen molar-refractivity contribution in [2.45, 2.75) is 46.1 Å². The molecule has 0 spiro atoms. The van der Waals surface area contributed by atoms with Crippen LogP contribution in [0.1, 0.15) is 50.0 Å². The second kappa shape index (κ2) is 8.95. The van der Waals surface area contributed by atoms with Crippen molar-refractivity contribution >= 4 is 45.6 Å². The maximum absolute atomic E-state index is 12.7. The third-order valence-electron chi connectivity index (χ3n) is 4.99.